The normalized spacial score (nSPS) is 12.1. The number of aryl methyl sites for hydroxylation is 2. The lowest BCUT2D eigenvalue weighted by Crippen LogP contribution is -2.08. The Labute approximate surface area is 118 Å². The summed E-state index contributed by atoms with van der Waals surface area (Å²) in [6, 6.07) is 5.89. The number of methoxy groups -OCH3 is 2. The molecule has 0 radical (unpaired) electrons. The van der Waals surface area contributed by atoms with E-state index in [0.717, 1.165) is 16.7 Å². The van der Waals surface area contributed by atoms with Gasteiger partial charge in [0.1, 0.15) is 11.8 Å². The molecule has 1 atom stereocenters. The van der Waals surface area contributed by atoms with Gasteiger partial charge in [-0.1, -0.05) is 29.3 Å². The Morgan fingerprint density at radius 1 is 1.05 bits per heavy atom. The summed E-state index contributed by atoms with van der Waals surface area (Å²) in [4.78, 5) is 8.33. The van der Waals surface area contributed by atoms with Gasteiger partial charge in [-0.2, -0.15) is 4.98 Å². The van der Waals surface area contributed by atoms with E-state index in [1.165, 1.54) is 20.4 Å². The van der Waals surface area contributed by atoms with Crippen molar-refractivity contribution in [2.24, 2.45) is 0 Å². The Balaban J connectivity index is 2.44. The minimum Gasteiger partial charge on any atom is -0.480 e. The van der Waals surface area contributed by atoms with Crippen LogP contribution in [0.2, 0.25) is 0 Å². The first-order valence-corrected chi connectivity index (χ1v) is 6.26. The average Bonchev–Trinajstić information content (AvgIpc) is 2.44. The highest BCUT2D eigenvalue weighted by atomic mass is 16.5. The Kier molecular flexibility index (Phi) is 4.20. The third-order valence-corrected chi connectivity index (χ3v) is 2.97. The van der Waals surface area contributed by atoms with Crippen molar-refractivity contribution in [3.8, 4) is 11.8 Å². The van der Waals surface area contributed by atoms with Crippen molar-refractivity contribution >= 4 is 0 Å². The number of hydrogen-bond acceptors (Lipinski definition) is 5. The van der Waals surface area contributed by atoms with E-state index in [-0.39, 0.29) is 5.88 Å². The van der Waals surface area contributed by atoms with Crippen LogP contribution in [-0.4, -0.2) is 29.3 Å². The first kappa shape index (κ1) is 14.3. The van der Waals surface area contributed by atoms with Gasteiger partial charge in [0.25, 0.3) is 0 Å². The second-order valence-electron chi connectivity index (χ2n) is 4.63. The van der Waals surface area contributed by atoms with Crippen molar-refractivity contribution in [3.63, 3.8) is 0 Å². The molecule has 1 N–H and O–H groups in total. The highest BCUT2D eigenvalue weighted by molar-refractivity contribution is 5.36. The highest BCUT2D eigenvalue weighted by Gasteiger charge is 2.19. The number of aliphatic hydroxyl groups is 1. The molecule has 0 fully saturated rings. The van der Waals surface area contributed by atoms with E-state index in [1.54, 1.807) is 0 Å². The number of hydrogen-bond donors (Lipinski definition) is 1. The van der Waals surface area contributed by atoms with Crippen LogP contribution in [0.25, 0.3) is 0 Å². The molecule has 2 aromatic rings. The molecule has 0 saturated carbocycles. The predicted octanol–water partition coefficient (Wildman–Crippen LogP) is 2.19. The van der Waals surface area contributed by atoms with E-state index >= 15 is 0 Å². The van der Waals surface area contributed by atoms with Gasteiger partial charge >= 0.3 is 0 Å². The summed E-state index contributed by atoms with van der Waals surface area (Å²) in [6.07, 6.45) is 0.575. The molecule has 5 heteroatoms. The van der Waals surface area contributed by atoms with Gasteiger partial charge in [-0.15, -0.1) is 0 Å². The molecule has 106 valence electrons. The SMILES string of the molecule is COc1cnc(C(O)c2cc(C)cc(C)c2)c(OC)n1. The van der Waals surface area contributed by atoms with Gasteiger partial charge in [0.15, 0.2) is 0 Å². The molecule has 1 aromatic heterocycles. The number of benzene rings is 1. The van der Waals surface area contributed by atoms with Crippen LogP contribution in [0, 0.1) is 13.8 Å². The highest BCUT2D eigenvalue weighted by Crippen LogP contribution is 2.29. The summed E-state index contributed by atoms with van der Waals surface area (Å²) in [7, 11) is 2.99. The molecule has 5 nitrogen and oxygen atoms in total. The van der Waals surface area contributed by atoms with E-state index in [2.05, 4.69) is 9.97 Å². The minimum absolute atomic E-state index is 0.260. The Morgan fingerprint density at radius 3 is 2.25 bits per heavy atom. The summed E-state index contributed by atoms with van der Waals surface area (Å²) in [6.45, 7) is 3.97. The van der Waals surface area contributed by atoms with Crippen molar-refractivity contribution in [3.05, 3.63) is 46.8 Å². The molecule has 0 aliphatic carbocycles. The van der Waals surface area contributed by atoms with Crippen molar-refractivity contribution in [1.29, 1.82) is 0 Å². The lowest BCUT2D eigenvalue weighted by molar-refractivity contribution is 0.206. The zero-order chi connectivity index (χ0) is 14.7. The van der Waals surface area contributed by atoms with Gasteiger partial charge < -0.3 is 14.6 Å². The van der Waals surface area contributed by atoms with Crippen LogP contribution >= 0.6 is 0 Å². The lowest BCUT2D eigenvalue weighted by atomic mass is 10.0. The third kappa shape index (κ3) is 2.88. The summed E-state index contributed by atoms with van der Waals surface area (Å²) < 4.78 is 10.2. The second-order valence-corrected chi connectivity index (χ2v) is 4.63. The smallest absolute Gasteiger partial charge is 0.241 e. The number of aliphatic hydroxyl groups excluding tert-OH is 1. The van der Waals surface area contributed by atoms with E-state index in [9.17, 15) is 5.11 Å². The van der Waals surface area contributed by atoms with Gasteiger partial charge in [0, 0.05) is 0 Å². The fraction of sp³-hybridized carbons (Fsp3) is 0.333. The van der Waals surface area contributed by atoms with Crippen molar-refractivity contribution in [2.45, 2.75) is 20.0 Å². The summed E-state index contributed by atoms with van der Waals surface area (Å²) in [5, 5.41) is 10.5. The first-order chi connectivity index (χ1) is 9.55. The molecular formula is C15H18N2O3. The van der Waals surface area contributed by atoms with Gasteiger partial charge in [-0.3, -0.25) is 0 Å². The maximum Gasteiger partial charge on any atom is 0.241 e. The first-order valence-electron chi connectivity index (χ1n) is 6.26. The second kappa shape index (κ2) is 5.88. The topological polar surface area (TPSA) is 64.5 Å². The zero-order valence-corrected chi connectivity index (χ0v) is 12.0. The molecule has 0 saturated heterocycles. The van der Waals surface area contributed by atoms with Crippen LogP contribution in [0.15, 0.2) is 24.4 Å². The molecule has 0 amide bonds. The molecule has 1 aromatic carbocycles. The Morgan fingerprint density at radius 2 is 1.70 bits per heavy atom. The van der Waals surface area contributed by atoms with Crippen LogP contribution in [0.1, 0.15) is 28.5 Å². The summed E-state index contributed by atoms with van der Waals surface area (Å²) in [5.74, 6) is 0.606. The molecule has 0 aliphatic heterocycles. The lowest BCUT2D eigenvalue weighted by Gasteiger charge is -2.15. The van der Waals surface area contributed by atoms with Gasteiger partial charge in [-0.25, -0.2) is 4.98 Å². The van der Waals surface area contributed by atoms with E-state index < -0.39 is 6.10 Å². The third-order valence-electron chi connectivity index (χ3n) is 2.97. The fourth-order valence-electron chi connectivity index (χ4n) is 2.13. The largest absolute Gasteiger partial charge is 0.480 e. The molecule has 1 unspecified atom stereocenters. The van der Waals surface area contributed by atoms with Crippen LogP contribution in [0.4, 0.5) is 0 Å². The standard InChI is InChI=1S/C15H18N2O3/c1-9-5-10(2)7-11(6-9)14(18)13-15(20-4)17-12(19-3)8-16-13/h5-8,14,18H,1-4H3. The maximum absolute atomic E-state index is 10.5. The molecule has 0 spiro atoms. The molecule has 1 heterocycles. The number of ether oxygens (including phenoxy) is 2. The maximum atomic E-state index is 10.5. The van der Waals surface area contributed by atoms with Crippen LogP contribution < -0.4 is 9.47 Å². The Bertz CT molecular complexity index is 594. The van der Waals surface area contributed by atoms with E-state index in [1.807, 2.05) is 32.0 Å². The van der Waals surface area contributed by atoms with E-state index in [4.69, 9.17) is 9.47 Å². The molecule has 2 rings (SSSR count). The predicted molar refractivity (Wildman–Crippen MR) is 75.1 cm³/mol. The van der Waals surface area contributed by atoms with Crippen LogP contribution in [0.3, 0.4) is 0 Å². The number of aromatic nitrogens is 2. The van der Waals surface area contributed by atoms with Crippen LogP contribution in [-0.2, 0) is 0 Å². The molecule has 0 bridgehead atoms. The van der Waals surface area contributed by atoms with Gasteiger partial charge in [0.05, 0.1) is 20.4 Å². The Hall–Kier alpha value is -2.14. The van der Waals surface area contributed by atoms with E-state index in [0.29, 0.717) is 11.6 Å². The van der Waals surface area contributed by atoms with Crippen LogP contribution in [0.5, 0.6) is 11.8 Å². The average molecular weight is 274 g/mol. The van der Waals surface area contributed by atoms with Gasteiger partial charge in [-0.05, 0) is 19.4 Å². The molecule has 0 aliphatic rings. The van der Waals surface area contributed by atoms with Gasteiger partial charge in [0.2, 0.25) is 11.8 Å². The number of nitrogens with zero attached hydrogens (tertiary/aromatic N) is 2. The molecule has 20 heavy (non-hydrogen) atoms. The zero-order valence-electron chi connectivity index (χ0n) is 12.0. The van der Waals surface area contributed by atoms with Crippen molar-refractivity contribution < 1.29 is 14.6 Å². The van der Waals surface area contributed by atoms with Crippen molar-refractivity contribution in [1.82, 2.24) is 9.97 Å². The number of rotatable bonds is 4. The summed E-state index contributed by atoms with van der Waals surface area (Å²) in [5.41, 5.74) is 3.30. The monoisotopic (exact) mass is 274 g/mol. The minimum atomic E-state index is -0.887. The molecular weight excluding hydrogens is 256 g/mol. The summed E-state index contributed by atoms with van der Waals surface area (Å²) >= 11 is 0. The van der Waals surface area contributed by atoms with Crippen molar-refractivity contribution in [2.75, 3.05) is 14.2 Å². The quantitative estimate of drug-likeness (QED) is 0.926. The fourth-order valence-corrected chi connectivity index (χ4v) is 2.13.